The van der Waals surface area contributed by atoms with Gasteiger partial charge in [-0.2, -0.15) is 4.98 Å². The Morgan fingerprint density at radius 3 is 3.04 bits per heavy atom. The average molecular weight is 428 g/mol. The van der Waals surface area contributed by atoms with E-state index in [2.05, 4.69) is 37.0 Å². The van der Waals surface area contributed by atoms with Crippen LogP contribution in [0.4, 0.5) is 11.4 Å². The van der Waals surface area contributed by atoms with Crippen LogP contribution < -0.4 is 10.6 Å². The first-order valence-electron chi connectivity index (χ1n) is 7.40. The standard InChI is InChI=1S/C16H15BrN4OS.ClH/c17-10-7-14(23-9-10)16-19-15(22-20-16)8-21-6-2-3-11-12(18)4-1-5-13(11)21;/h1,4-5,7,9H,2-3,6,8,18H2;1H. The van der Waals surface area contributed by atoms with E-state index < -0.39 is 0 Å². The van der Waals surface area contributed by atoms with Gasteiger partial charge in [0.1, 0.15) is 0 Å². The predicted molar refractivity (Wildman–Crippen MR) is 103 cm³/mol. The fourth-order valence-electron chi connectivity index (χ4n) is 2.90. The number of thiophene rings is 1. The SMILES string of the molecule is Cl.Nc1cccc2c1CCCN2Cc1nc(-c2cc(Br)cs2)no1. The molecule has 8 heteroatoms. The van der Waals surface area contributed by atoms with Gasteiger partial charge in [0.05, 0.1) is 11.4 Å². The third-order valence-electron chi connectivity index (χ3n) is 3.97. The third-order valence-corrected chi connectivity index (χ3v) is 5.65. The molecule has 2 N–H and O–H groups in total. The first-order chi connectivity index (χ1) is 11.2. The molecule has 4 rings (SSSR count). The summed E-state index contributed by atoms with van der Waals surface area (Å²) in [6.07, 6.45) is 2.11. The molecule has 3 heterocycles. The second kappa shape index (κ2) is 7.13. The van der Waals surface area contributed by atoms with Crippen molar-refractivity contribution in [2.24, 2.45) is 0 Å². The molecule has 0 fully saturated rings. The van der Waals surface area contributed by atoms with Gasteiger partial charge in [-0.3, -0.25) is 0 Å². The molecule has 0 saturated carbocycles. The second-order valence-corrected chi connectivity index (χ2v) is 7.34. The average Bonchev–Trinajstić information content (AvgIpc) is 3.17. The quantitative estimate of drug-likeness (QED) is 0.623. The first-order valence-corrected chi connectivity index (χ1v) is 9.07. The summed E-state index contributed by atoms with van der Waals surface area (Å²) in [6.45, 7) is 1.58. The highest BCUT2D eigenvalue weighted by atomic mass is 79.9. The van der Waals surface area contributed by atoms with Crippen molar-refractivity contribution in [3.63, 3.8) is 0 Å². The van der Waals surface area contributed by atoms with Crippen molar-refractivity contribution in [2.45, 2.75) is 19.4 Å². The number of hydrogen-bond acceptors (Lipinski definition) is 6. The lowest BCUT2D eigenvalue weighted by atomic mass is 10.00. The number of nitrogen functional groups attached to an aromatic ring is 1. The largest absolute Gasteiger partial charge is 0.398 e. The van der Waals surface area contributed by atoms with Gasteiger partial charge in [0, 0.05) is 27.8 Å². The molecule has 0 unspecified atom stereocenters. The van der Waals surface area contributed by atoms with Crippen LogP contribution in [-0.2, 0) is 13.0 Å². The summed E-state index contributed by atoms with van der Waals surface area (Å²) in [5, 5.41) is 6.10. The highest BCUT2D eigenvalue weighted by Gasteiger charge is 2.21. The molecule has 24 heavy (non-hydrogen) atoms. The molecule has 0 bridgehead atoms. The van der Waals surface area contributed by atoms with Crippen LogP contribution >= 0.6 is 39.7 Å². The summed E-state index contributed by atoms with van der Waals surface area (Å²) in [4.78, 5) is 7.78. The van der Waals surface area contributed by atoms with Crippen LogP contribution in [0.15, 0.2) is 38.6 Å². The van der Waals surface area contributed by atoms with Gasteiger partial charge in [-0.1, -0.05) is 11.2 Å². The van der Waals surface area contributed by atoms with E-state index in [-0.39, 0.29) is 12.4 Å². The third kappa shape index (κ3) is 3.29. The second-order valence-electron chi connectivity index (χ2n) is 5.51. The van der Waals surface area contributed by atoms with Crippen molar-refractivity contribution in [2.75, 3.05) is 17.2 Å². The monoisotopic (exact) mass is 426 g/mol. The minimum Gasteiger partial charge on any atom is -0.398 e. The molecule has 0 atom stereocenters. The highest BCUT2D eigenvalue weighted by Crippen LogP contribution is 2.32. The lowest BCUT2D eigenvalue weighted by Crippen LogP contribution is -2.29. The van der Waals surface area contributed by atoms with Crippen molar-refractivity contribution in [1.82, 2.24) is 10.1 Å². The van der Waals surface area contributed by atoms with E-state index in [1.54, 1.807) is 11.3 Å². The van der Waals surface area contributed by atoms with Crippen molar-refractivity contribution in [3.8, 4) is 10.7 Å². The summed E-state index contributed by atoms with van der Waals surface area (Å²) >= 11 is 5.04. The number of fused-ring (bicyclic) bond motifs is 1. The molecule has 0 radical (unpaired) electrons. The molecule has 1 aliphatic heterocycles. The van der Waals surface area contributed by atoms with Gasteiger partial charge >= 0.3 is 0 Å². The molecule has 0 amide bonds. The minimum absolute atomic E-state index is 0. The predicted octanol–water partition coefficient (Wildman–Crippen LogP) is 4.52. The smallest absolute Gasteiger partial charge is 0.246 e. The van der Waals surface area contributed by atoms with Crippen molar-refractivity contribution >= 4 is 51.0 Å². The Labute approximate surface area is 158 Å². The van der Waals surface area contributed by atoms with Crippen LogP contribution in [0.25, 0.3) is 10.7 Å². The minimum atomic E-state index is 0. The van der Waals surface area contributed by atoms with Crippen molar-refractivity contribution < 1.29 is 4.52 Å². The fourth-order valence-corrected chi connectivity index (χ4v) is 4.26. The molecule has 0 spiro atoms. The highest BCUT2D eigenvalue weighted by molar-refractivity contribution is 9.10. The van der Waals surface area contributed by atoms with Gasteiger partial charge in [-0.25, -0.2) is 0 Å². The van der Waals surface area contributed by atoms with Gasteiger partial charge < -0.3 is 15.2 Å². The van der Waals surface area contributed by atoms with E-state index in [9.17, 15) is 0 Å². The van der Waals surface area contributed by atoms with E-state index in [1.165, 1.54) is 11.3 Å². The van der Waals surface area contributed by atoms with Crippen LogP contribution in [0.2, 0.25) is 0 Å². The maximum Gasteiger partial charge on any atom is 0.246 e. The summed E-state index contributed by atoms with van der Waals surface area (Å²) < 4.78 is 6.47. The Morgan fingerprint density at radius 2 is 2.25 bits per heavy atom. The number of hydrogen-bond donors (Lipinski definition) is 1. The maximum absolute atomic E-state index is 6.10. The van der Waals surface area contributed by atoms with Crippen LogP contribution in [-0.4, -0.2) is 16.7 Å². The number of nitrogens with zero attached hydrogens (tertiary/aromatic N) is 3. The first kappa shape index (κ1) is 17.3. The summed E-state index contributed by atoms with van der Waals surface area (Å²) in [5.41, 5.74) is 9.36. The van der Waals surface area contributed by atoms with E-state index in [1.807, 2.05) is 23.6 Å². The zero-order chi connectivity index (χ0) is 15.8. The van der Waals surface area contributed by atoms with Crippen LogP contribution in [0.1, 0.15) is 17.9 Å². The maximum atomic E-state index is 6.10. The van der Waals surface area contributed by atoms with Gasteiger partial charge in [0.2, 0.25) is 11.7 Å². The molecule has 0 aliphatic carbocycles. The number of rotatable bonds is 3. The summed E-state index contributed by atoms with van der Waals surface area (Å²) in [5.74, 6) is 1.26. The topological polar surface area (TPSA) is 68.2 Å². The Hall–Kier alpha value is -1.57. The van der Waals surface area contributed by atoms with E-state index in [0.717, 1.165) is 34.4 Å². The fraction of sp³-hybridized carbons (Fsp3) is 0.250. The molecular formula is C16H16BrClN4OS. The van der Waals surface area contributed by atoms with Gasteiger partial charge in [-0.05, 0) is 52.5 Å². The molecule has 126 valence electrons. The van der Waals surface area contributed by atoms with Crippen LogP contribution in [0.5, 0.6) is 0 Å². The molecule has 1 aromatic carbocycles. The lowest BCUT2D eigenvalue weighted by molar-refractivity contribution is 0.375. The zero-order valence-corrected chi connectivity index (χ0v) is 16.0. The lowest BCUT2D eigenvalue weighted by Gasteiger charge is -2.30. The number of nitrogens with two attached hydrogens (primary N) is 1. The Bertz CT molecular complexity index is 850. The normalized spacial score (nSPS) is 13.5. The number of halogens is 2. The van der Waals surface area contributed by atoms with Crippen molar-refractivity contribution in [1.29, 1.82) is 0 Å². The zero-order valence-electron chi connectivity index (χ0n) is 12.7. The number of anilines is 2. The van der Waals surface area contributed by atoms with Crippen LogP contribution in [0, 0.1) is 0 Å². The Balaban J connectivity index is 0.00000169. The number of benzene rings is 1. The Morgan fingerprint density at radius 1 is 1.38 bits per heavy atom. The van der Waals surface area contributed by atoms with E-state index in [0.29, 0.717) is 18.3 Å². The Kier molecular flexibility index (Phi) is 5.12. The van der Waals surface area contributed by atoms with Crippen molar-refractivity contribution in [3.05, 3.63) is 45.6 Å². The van der Waals surface area contributed by atoms with Crippen LogP contribution in [0.3, 0.4) is 0 Å². The summed E-state index contributed by atoms with van der Waals surface area (Å²) in [6, 6.07) is 8.06. The molecule has 5 nitrogen and oxygen atoms in total. The summed E-state index contributed by atoms with van der Waals surface area (Å²) in [7, 11) is 0. The van der Waals surface area contributed by atoms with E-state index in [4.69, 9.17) is 10.3 Å². The molecular weight excluding hydrogens is 412 g/mol. The number of aromatic nitrogens is 2. The molecule has 1 aliphatic rings. The van der Waals surface area contributed by atoms with Gasteiger partial charge in [0.15, 0.2) is 0 Å². The molecule has 0 saturated heterocycles. The van der Waals surface area contributed by atoms with Gasteiger partial charge in [0.25, 0.3) is 0 Å². The molecule has 2 aromatic heterocycles. The van der Waals surface area contributed by atoms with Gasteiger partial charge in [-0.15, -0.1) is 23.7 Å². The molecule has 3 aromatic rings. The van der Waals surface area contributed by atoms with E-state index >= 15 is 0 Å².